The molecule has 2 rings (SSSR count). The van der Waals surface area contributed by atoms with Gasteiger partial charge >= 0.3 is 0 Å². The maximum absolute atomic E-state index is 3.84. The molecule has 0 atom stereocenters. The Balaban J connectivity index is 2.29. The van der Waals surface area contributed by atoms with Crippen molar-refractivity contribution in [2.45, 2.75) is 13.8 Å². The van der Waals surface area contributed by atoms with Crippen LogP contribution < -0.4 is 10.6 Å². The fraction of sp³-hybridized carbons (Fsp3) is 0.200. The molecule has 0 heterocycles. The molecule has 0 fully saturated rings. The van der Waals surface area contributed by atoms with Gasteiger partial charge in [-0.1, -0.05) is 43.0 Å². The van der Waals surface area contributed by atoms with Crippen LogP contribution in [0.4, 0.5) is 11.4 Å². The first-order valence-electron chi connectivity index (χ1n) is 7.79. The van der Waals surface area contributed by atoms with Crippen molar-refractivity contribution in [3.8, 4) is 0 Å². The first-order valence-corrected chi connectivity index (χ1v) is 7.79. The Labute approximate surface area is 133 Å². The second kappa shape index (κ2) is 8.08. The summed E-state index contributed by atoms with van der Waals surface area (Å²) in [7, 11) is 0. The molecule has 0 aliphatic carbocycles. The Morgan fingerprint density at radius 1 is 0.818 bits per heavy atom. The molecule has 0 bridgehead atoms. The number of hydrogen-bond donors (Lipinski definition) is 2. The van der Waals surface area contributed by atoms with Crippen LogP contribution in [-0.2, 0) is 0 Å². The molecule has 0 aliphatic rings. The quantitative estimate of drug-likeness (QED) is 0.688. The van der Waals surface area contributed by atoms with Crippen molar-refractivity contribution >= 4 is 16.9 Å². The van der Waals surface area contributed by atoms with Crippen LogP contribution in [0.2, 0.25) is 0 Å². The van der Waals surface area contributed by atoms with Gasteiger partial charge in [0.15, 0.2) is 0 Å². The molecule has 2 heteroatoms. The Hall–Kier alpha value is -2.48. The summed E-state index contributed by atoms with van der Waals surface area (Å²) >= 11 is 0. The lowest BCUT2D eigenvalue weighted by atomic mass is 9.97. The summed E-state index contributed by atoms with van der Waals surface area (Å²) in [5, 5.41) is 6.64. The normalized spacial score (nSPS) is 9.91. The van der Waals surface area contributed by atoms with E-state index in [2.05, 4.69) is 85.7 Å². The molecule has 0 saturated heterocycles. The third kappa shape index (κ3) is 4.01. The van der Waals surface area contributed by atoms with Crippen LogP contribution in [-0.4, -0.2) is 13.1 Å². The maximum atomic E-state index is 3.84. The standard InChI is InChI=1S/C20H24N2/c1-4-7-20(16-8-12-18(13-9-16)21-5-2)17-10-14-19(15-11-17)22-6-3/h4,7-15,21-22H,1,5-6H2,2-3H3. The van der Waals surface area contributed by atoms with Gasteiger partial charge in [-0.2, -0.15) is 0 Å². The smallest absolute Gasteiger partial charge is 0.0340 e. The number of anilines is 2. The average Bonchev–Trinajstić information content (AvgIpc) is 2.55. The van der Waals surface area contributed by atoms with Crippen LogP contribution in [0.25, 0.3) is 5.57 Å². The molecule has 2 aromatic carbocycles. The molecule has 2 aromatic rings. The highest BCUT2D eigenvalue weighted by atomic mass is 14.8. The number of hydrogen-bond acceptors (Lipinski definition) is 2. The topological polar surface area (TPSA) is 24.1 Å². The fourth-order valence-electron chi connectivity index (χ4n) is 2.42. The highest BCUT2D eigenvalue weighted by Gasteiger charge is 2.04. The van der Waals surface area contributed by atoms with E-state index in [1.165, 1.54) is 16.7 Å². The van der Waals surface area contributed by atoms with E-state index in [0.29, 0.717) is 0 Å². The van der Waals surface area contributed by atoms with Crippen molar-refractivity contribution in [3.05, 3.63) is 78.4 Å². The van der Waals surface area contributed by atoms with Crippen LogP contribution in [0.3, 0.4) is 0 Å². The monoisotopic (exact) mass is 292 g/mol. The third-order valence-electron chi connectivity index (χ3n) is 3.44. The summed E-state index contributed by atoms with van der Waals surface area (Å²) in [6.07, 6.45) is 3.90. The van der Waals surface area contributed by atoms with Crippen LogP contribution in [0.5, 0.6) is 0 Å². The summed E-state index contributed by atoms with van der Waals surface area (Å²) in [5.74, 6) is 0. The zero-order chi connectivity index (χ0) is 15.8. The number of allylic oxidation sites excluding steroid dienone is 2. The van der Waals surface area contributed by atoms with Crippen molar-refractivity contribution in [1.82, 2.24) is 0 Å². The molecule has 0 spiro atoms. The van der Waals surface area contributed by atoms with Crippen LogP contribution >= 0.6 is 0 Å². The van der Waals surface area contributed by atoms with Crippen molar-refractivity contribution in [3.63, 3.8) is 0 Å². The van der Waals surface area contributed by atoms with Gasteiger partial charge in [-0.25, -0.2) is 0 Å². The van der Waals surface area contributed by atoms with Crippen molar-refractivity contribution in [2.75, 3.05) is 23.7 Å². The maximum Gasteiger partial charge on any atom is 0.0340 e. The lowest BCUT2D eigenvalue weighted by molar-refractivity contribution is 1.21. The summed E-state index contributed by atoms with van der Waals surface area (Å²) in [4.78, 5) is 0. The zero-order valence-corrected chi connectivity index (χ0v) is 13.4. The van der Waals surface area contributed by atoms with Crippen LogP contribution in [0, 0.1) is 0 Å². The van der Waals surface area contributed by atoms with Crippen molar-refractivity contribution in [1.29, 1.82) is 0 Å². The zero-order valence-electron chi connectivity index (χ0n) is 13.4. The first kappa shape index (κ1) is 15.9. The van der Waals surface area contributed by atoms with E-state index in [0.717, 1.165) is 24.5 Å². The molecule has 0 aliphatic heterocycles. The van der Waals surface area contributed by atoms with E-state index in [4.69, 9.17) is 0 Å². The highest BCUT2D eigenvalue weighted by Crippen LogP contribution is 2.26. The molecule has 0 amide bonds. The van der Waals surface area contributed by atoms with Gasteiger partial charge in [-0.15, -0.1) is 0 Å². The highest BCUT2D eigenvalue weighted by molar-refractivity contribution is 5.81. The van der Waals surface area contributed by atoms with E-state index in [-0.39, 0.29) is 0 Å². The van der Waals surface area contributed by atoms with E-state index in [9.17, 15) is 0 Å². The minimum absolute atomic E-state index is 0.931. The minimum Gasteiger partial charge on any atom is -0.385 e. The predicted octanol–water partition coefficient (Wildman–Crippen LogP) is 5.17. The van der Waals surface area contributed by atoms with Gasteiger partial charge in [0.2, 0.25) is 0 Å². The SMILES string of the molecule is C=CC=C(c1ccc(NCC)cc1)c1ccc(NCC)cc1. The van der Waals surface area contributed by atoms with Gasteiger partial charge in [0.05, 0.1) is 0 Å². The van der Waals surface area contributed by atoms with E-state index in [1.54, 1.807) is 0 Å². The average molecular weight is 292 g/mol. The molecular formula is C20H24N2. The van der Waals surface area contributed by atoms with Crippen LogP contribution in [0.1, 0.15) is 25.0 Å². The summed E-state index contributed by atoms with van der Waals surface area (Å²) in [5.41, 5.74) is 5.86. The van der Waals surface area contributed by atoms with E-state index < -0.39 is 0 Å². The molecule has 2 N–H and O–H groups in total. The molecule has 22 heavy (non-hydrogen) atoms. The fourth-order valence-corrected chi connectivity index (χ4v) is 2.42. The van der Waals surface area contributed by atoms with Crippen molar-refractivity contribution in [2.24, 2.45) is 0 Å². The lowest BCUT2D eigenvalue weighted by Gasteiger charge is -2.11. The first-order chi connectivity index (χ1) is 10.8. The second-order valence-electron chi connectivity index (χ2n) is 5.03. The Bertz CT molecular complexity index is 570. The van der Waals surface area contributed by atoms with Crippen molar-refractivity contribution < 1.29 is 0 Å². The van der Waals surface area contributed by atoms with Gasteiger partial charge in [-0.05, 0) is 54.8 Å². The summed E-state index contributed by atoms with van der Waals surface area (Å²) in [6.45, 7) is 9.91. The van der Waals surface area contributed by atoms with Gasteiger partial charge < -0.3 is 10.6 Å². The number of benzene rings is 2. The number of nitrogens with one attached hydrogen (secondary N) is 2. The second-order valence-corrected chi connectivity index (χ2v) is 5.03. The Kier molecular flexibility index (Phi) is 5.84. The van der Waals surface area contributed by atoms with Gasteiger partial charge in [-0.3, -0.25) is 0 Å². The summed E-state index contributed by atoms with van der Waals surface area (Å²) in [6, 6.07) is 17.0. The molecule has 2 nitrogen and oxygen atoms in total. The van der Waals surface area contributed by atoms with Gasteiger partial charge in [0.25, 0.3) is 0 Å². The van der Waals surface area contributed by atoms with E-state index >= 15 is 0 Å². The molecule has 0 radical (unpaired) electrons. The predicted molar refractivity (Wildman–Crippen MR) is 98.5 cm³/mol. The minimum atomic E-state index is 0.931. The summed E-state index contributed by atoms with van der Waals surface area (Å²) < 4.78 is 0. The lowest BCUT2D eigenvalue weighted by Crippen LogP contribution is -1.97. The number of rotatable bonds is 7. The van der Waals surface area contributed by atoms with Gasteiger partial charge in [0, 0.05) is 24.5 Å². The van der Waals surface area contributed by atoms with Crippen LogP contribution in [0.15, 0.2) is 67.3 Å². The Morgan fingerprint density at radius 2 is 1.23 bits per heavy atom. The Morgan fingerprint density at radius 3 is 1.55 bits per heavy atom. The molecule has 0 unspecified atom stereocenters. The van der Waals surface area contributed by atoms with E-state index in [1.807, 2.05) is 6.08 Å². The molecule has 114 valence electrons. The molecule has 0 saturated carbocycles. The molecule has 0 aromatic heterocycles. The molecular weight excluding hydrogens is 268 g/mol. The largest absolute Gasteiger partial charge is 0.385 e. The van der Waals surface area contributed by atoms with Gasteiger partial charge in [0.1, 0.15) is 0 Å². The third-order valence-corrected chi connectivity index (χ3v) is 3.44.